The van der Waals surface area contributed by atoms with Gasteiger partial charge in [0.15, 0.2) is 0 Å². The largest absolute Gasteiger partial charge is 0.477 e. The second-order valence-electron chi connectivity index (χ2n) is 4.86. The van der Waals surface area contributed by atoms with E-state index in [4.69, 9.17) is 9.84 Å². The number of rotatable bonds is 3. The van der Waals surface area contributed by atoms with E-state index in [-0.39, 0.29) is 17.7 Å². The number of pyridine rings is 1. The third-order valence-electron chi connectivity index (χ3n) is 3.44. The molecule has 3 rings (SSSR count). The van der Waals surface area contributed by atoms with Gasteiger partial charge in [-0.15, -0.1) is 11.3 Å². The summed E-state index contributed by atoms with van der Waals surface area (Å²) in [5.74, 6) is -1.34. The molecular formula is C15H14N2O4S. The van der Waals surface area contributed by atoms with Gasteiger partial charge in [0.1, 0.15) is 11.8 Å². The predicted octanol–water partition coefficient (Wildman–Crippen LogP) is 2.06. The highest BCUT2D eigenvalue weighted by molar-refractivity contribution is 7.10. The summed E-state index contributed by atoms with van der Waals surface area (Å²) in [5, 5.41) is 10.9. The maximum absolute atomic E-state index is 12.5. The Morgan fingerprint density at radius 1 is 1.41 bits per heavy atom. The molecule has 1 N–H and O–H groups in total. The van der Waals surface area contributed by atoms with E-state index in [1.165, 1.54) is 18.3 Å². The lowest BCUT2D eigenvalue weighted by molar-refractivity contribution is -0.0211. The average molecular weight is 318 g/mol. The lowest BCUT2D eigenvalue weighted by Gasteiger charge is -2.32. The highest BCUT2D eigenvalue weighted by Gasteiger charge is 2.27. The van der Waals surface area contributed by atoms with E-state index in [1.54, 1.807) is 16.2 Å². The summed E-state index contributed by atoms with van der Waals surface area (Å²) in [6.07, 6.45) is 1.21. The van der Waals surface area contributed by atoms with E-state index in [0.717, 1.165) is 4.88 Å². The molecule has 0 aliphatic carbocycles. The van der Waals surface area contributed by atoms with Gasteiger partial charge in [0.2, 0.25) is 0 Å². The second-order valence-corrected chi connectivity index (χ2v) is 5.84. The molecule has 1 aliphatic rings. The van der Waals surface area contributed by atoms with Crippen LogP contribution in [0.15, 0.2) is 35.8 Å². The first-order chi connectivity index (χ1) is 10.6. The van der Waals surface area contributed by atoms with E-state index < -0.39 is 5.97 Å². The lowest BCUT2D eigenvalue weighted by Crippen LogP contribution is -2.42. The van der Waals surface area contributed by atoms with Crippen LogP contribution in [0.3, 0.4) is 0 Å². The van der Waals surface area contributed by atoms with Crippen molar-refractivity contribution in [1.82, 2.24) is 9.88 Å². The zero-order valence-corrected chi connectivity index (χ0v) is 12.5. The molecular weight excluding hydrogens is 304 g/mol. The third kappa shape index (κ3) is 3.00. The van der Waals surface area contributed by atoms with Crippen molar-refractivity contribution in [3.63, 3.8) is 0 Å². The van der Waals surface area contributed by atoms with Gasteiger partial charge in [-0.25, -0.2) is 9.78 Å². The van der Waals surface area contributed by atoms with Crippen molar-refractivity contribution in [1.29, 1.82) is 0 Å². The van der Waals surface area contributed by atoms with Crippen LogP contribution in [0.2, 0.25) is 0 Å². The number of carbonyl (C=O) groups excluding carboxylic acids is 1. The molecule has 1 atom stereocenters. The monoisotopic (exact) mass is 318 g/mol. The van der Waals surface area contributed by atoms with Gasteiger partial charge in [-0.1, -0.05) is 6.07 Å². The predicted molar refractivity (Wildman–Crippen MR) is 80.1 cm³/mol. The first-order valence-electron chi connectivity index (χ1n) is 6.79. The Labute approximate surface area is 131 Å². The van der Waals surface area contributed by atoms with Crippen molar-refractivity contribution in [3.05, 3.63) is 52.0 Å². The van der Waals surface area contributed by atoms with Gasteiger partial charge in [-0.2, -0.15) is 0 Å². The van der Waals surface area contributed by atoms with Gasteiger partial charge >= 0.3 is 5.97 Å². The van der Waals surface area contributed by atoms with E-state index in [9.17, 15) is 9.59 Å². The highest BCUT2D eigenvalue weighted by atomic mass is 32.1. The van der Waals surface area contributed by atoms with Crippen molar-refractivity contribution in [2.75, 3.05) is 19.7 Å². The SMILES string of the molecule is O=C(O)c1cc(C(=O)N2CCOC(c3cccs3)C2)ccn1. The van der Waals surface area contributed by atoms with Gasteiger partial charge in [-0.05, 0) is 23.6 Å². The normalized spacial score (nSPS) is 18.2. The number of aromatic nitrogens is 1. The van der Waals surface area contributed by atoms with Crippen LogP contribution in [0.1, 0.15) is 31.8 Å². The van der Waals surface area contributed by atoms with Crippen molar-refractivity contribution in [2.45, 2.75) is 6.10 Å². The van der Waals surface area contributed by atoms with Gasteiger partial charge < -0.3 is 14.7 Å². The van der Waals surface area contributed by atoms with Gasteiger partial charge in [0.25, 0.3) is 5.91 Å². The maximum atomic E-state index is 12.5. The topological polar surface area (TPSA) is 79.7 Å². The summed E-state index contributed by atoms with van der Waals surface area (Å²) in [6.45, 7) is 1.42. The van der Waals surface area contributed by atoms with Gasteiger partial charge in [-0.3, -0.25) is 4.79 Å². The van der Waals surface area contributed by atoms with Crippen LogP contribution in [0.5, 0.6) is 0 Å². The van der Waals surface area contributed by atoms with Crippen molar-refractivity contribution in [2.24, 2.45) is 0 Å². The molecule has 0 aromatic carbocycles. The van der Waals surface area contributed by atoms with Gasteiger partial charge in [0, 0.05) is 23.2 Å². The zero-order valence-electron chi connectivity index (χ0n) is 11.6. The molecule has 1 amide bonds. The summed E-state index contributed by atoms with van der Waals surface area (Å²) < 4.78 is 5.71. The fraction of sp³-hybridized carbons (Fsp3) is 0.267. The molecule has 1 saturated heterocycles. The van der Waals surface area contributed by atoms with Crippen LogP contribution in [0.25, 0.3) is 0 Å². The molecule has 0 radical (unpaired) electrons. The standard InChI is InChI=1S/C15H14N2O4S/c18-14(10-3-4-16-11(8-10)15(19)20)17-5-6-21-12(9-17)13-2-1-7-22-13/h1-4,7-8,12H,5-6,9H2,(H,19,20). The Bertz CT molecular complexity index is 687. The number of hydrogen-bond acceptors (Lipinski definition) is 5. The summed E-state index contributed by atoms with van der Waals surface area (Å²) in [4.78, 5) is 30.0. The second kappa shape index (κ2) is 6.25. The molecule has 2 aromatic heterocycles. The molecule has 2 aromatic rings. The number of ether oxygens (including phenoxy) is 1. The Balaban J connectivity index is 1.77. The molecule has 0 saturated carbocycles. The van der Waals surface area contributed by atoms with Gasteiger partial charge in [0.05, 0.1) is 13.2 Å². The van der Waals surface area contributed by atoms with Crippen LogP contribution >= 0.6 is 11.3 Å². The highest BCUT2D eigenvalue weighted by Crippen LogP contribution is 2.26. The Kier molecular flexibility index (Phi) is 4.17. The molecule has 0 spiro atoms. The molecule has 3 heterocycles. The minimum atomic E-state index is -1.15. The quantitative estimate of drug-likeness (QED) is 0.937. The number of hydrogen-bond donors (Lipinski definition) is 1. The molecule has 114 valence electrons. The third-order valence-corrected chi connectivity index (χ3v) is 4.40. The number of thiophene rings is 1. The molecule has 1 unspecified atom stereocenters. The van der Waals surface area contributed by atoms with E-state index in [2.05, 4.69) is 4.98 Å². The van der Waals surface area contributed by atoms with Crippen molar-refractivity contribution < 1.29 is 19.4 Å². The van der Waals surface area contributed by atoms with E-state index >= 15 is 0 Å². The molecule has 1 aliphatic heterocycles. The number of nitrogens with zero attached hydrogens (tertiary/aromatic N) is 2. The van der Waals surface area contributed by atoms with Crippen LogP contribution in [-0.4, -0.2) is 46.6 Å². The fourth-order valence-corrected chi connectivity index (χ4v) is 3.11. The number of carboxylic acids is 1. The Morgan fingerprint density at radius 2 is 2.27 bits per heavy atom. The number of morpholine rings is 1. The number of carbonyl (C=O) groups is 2. The zero-order chi connectivity index (χ0) is 15.5. The van der Waals surface area contributed by atoms with Crippen LogP contribution in [0.4, 0.5) is 0 Å². The summed E-state index contributed by atoms with van der Waals surface area (Å²) in [6, 6.07) is 6.77. The molecule has 7 heteroatoms. The van der Waals surface area contributed by atoms with Crippen LogP contribution in [-0.2, 0) is 4.74 Å². The molecule has 1 fully saturated rings. The first-order valence-corrected chi connectivity index (χ1v) is 7.67. The minimum Gasteiger partial charge on any atom is -0.477 e. The number of aromatic carboxylic acids is 1. The smallest absolute Gasteiger partial charge is 0.354 e. The van der Waals surface area contributed by atoms with E-state index in [0.29, 0.717) is 25.3 Å². The molecule has 0 bridgehead atoms. The molecule has 6 nitrogen and oxygen atoms in total. The first kappa shape index (κ1) is 14.7. The summed E-state index contributed by atoms with van der Waals surface area (Å²) in [7, 11) is 0. The van der Waals surface area contributed by atoms with Crippen molar-refractivity contribution >= 4 is 23.2 Å². The Morgan fingerprint density at radius 3 is 3.00 bits per heavy atom. The number of carboxylic acid groups (broad SMARTS) is 1. The number of amides is 1. The average Bonchev–Trinajstić information content (AvgIpc) is 3.09. The van der Waals surface area contributed by atoms with Crippen molar-refractivity contribution in [3.8, 4) is 0 Å². The van der Waals surface area contributed by atoms with Crippen LogP contribution < -0.4 is 0 Å². The van der Waals surface area contributed by atoms with E-state index in [1.807, 2.05) is 17.5 Å². The lowest BCUT2D eigenvalue weighted by atomic mass is 10.1. The van der Waals surface area contributed by atoms with Crippen LogP contribution in [0, 0.1) is 0 Å². The summed E-state index contributed by atoms with van der Waals surface area (Å²) >= 11 is 1.59. The fourth-order valence-electron chi connectivity index (χ4n) is 2.34. The minimum absolute atomic E-state index is 0.126. The Hall–Kier alpha value is -2.25. The molecule has 22 heavy (non-hydrogen) atoms. The summed E-state index contributed by atoms with van der Waals surface area (Å²) in [5.41, 5.74) is 0.202. The maximum Gasteiger partial charge on any atom is 0.354 e.